The number of rotatable bonds is 11. The maximum atomic E-state index is 13.2. The van der Waals surface area contributed by atoms with Gasteiger partial charge in [-0.2, -0.15) is 11.8 Å². The molecule has 4 bridgehead atoms. The molecule has 1 heterocycles. The molecule has 8 heteroatoms. The van der Waals surface area contributed by atoms with Crippen molar-refractivity contribution in [2.45, 2.75) is 82.1 Å². The van der Waals surface area contributed by atoms with Crippen LogP contribution in [0.4, 0.5) is 4.79 Å². The fraction of sp³-hybridized carbons (Fsp3) is 0.500. The third kappa shape index (κ3) is 7.16. The van der Waals surface area contributed by atoms with Crippen LogP contribution in [0.3, 0.4) is 0 Å². The average Bonchev–Trinajstić information content (AvgIpc) is 3.07. The fourth-order valence-electron chi connectivity index (χ4n) is 8.80. The number of ether oxygens (including phenoxy) is 2. The molecule has 0 aromatic heterocycles. The lowest BCUT2D eigenvalue weighted by Gasteiger charge is -2.56. The lowest BCUT2D eigenvalue weighted by Crippen LogP contribution is -2.61. The number of carbonyl (C=O) groups is 1. The third-order valence-electron chi connectivity index (χ3n) is 10.5. The van der Waals surface area contributed by atoms with Crippen molar-refractivity contribution in [3.8, 4) is 11.1 Å². The van der Waals surface area contributed by atoms with Crippen LogP contribution in [0.1, 0.15) is 79.6 Å². The Morgan fingerprint density at radius 3 is 2.17 bits per heavy atom. The standard InChI is InChI=1S/C38H46N2O5S/c41-13-14-46-24-33-18-35(30-7-5-25(23-42)6-8-30)45-36(44-33)31-11-9-29(10-12-31)34-4-2-1-3-32(34)22-39-37(43)40-38-19-26-15-27(20-38)17-28(16-26)21-38/h1-12,26-28,33,35-36,41-42H,13-24H2,(H2,39,40,43)/t26?,27?,28?,33-,35+,36+,38?/m0/s1. The summed E-state index contributed by atoms with van der Waals surface area (Å²) in [7, 11) is 0. The highest BCUT2D eigenvalue weighted by Crippen LogP contribution is 2.55. The number of urea groups is 1. The van der Waals surface area contributed by atoms with E-state index in [-0.39, 0.29) is 37.0 Å². The second-order valence-corrected chi connectivity index (χ2v) is 15.1. The molecule has 1 saturated heterocycles. The Labute approximate surface area is 276 Å². The van der Waals surface area contributed by atoms with Crippen LogP contribution in [-0.4, -0.2) is 46.0 Å². The molecular formula is C38H46N2O5S. The predicted octanol–water partition coefficient (Wildman–Crippen LogP) is 6.88. The molecular weight excluding hydrogens is 596 g/mol. The number of benzene rings is 3. The summed E-state index contributed by atoms with van der Waals surface area (Å²) >= 11 is 1.69. The zero-order chi connectivity index (χ0) is 31.5. The minimum Gasteiger partial charge on any atom is -0.396 e. The van der Waals surface area contributed by atoms with Gasteiger partial charge in [-0.25, -0.2) is 4.79 Å². The monoisotopic (exact) mass is 642 g/mol. The second-order valence-electron chi connectivity index (χ2n) is 13.9. The van der Waals surface area contributed by atoms with Gasteiger partial charge in [-0.1, -0.05) is 72.8 Å². The lowest BCUT2D eigenvalue weighted by molar-refractivity contribution is -0.245. The average molecular weight is 643 g/mol. The maximum Gasteiger partial charge on any atom is 0.315 e. The second kappa shape index (κ2) is 14.1. The number of aliphatic hydroxyl groups is 2. The van der Waals surface area contributed by atoms with Crippen molar-refractivity contribution in [3.05, 3.63) is 95.1 Å². The van der Waals surface area contributed by atoms with Gasteiger partial charge in [0.05, 0.1) is 25.4 Å². The largest absolute Gasteiger partial charge is 0.396 e. The number of amides is 2. The first-order chi connectivity index (χ1) is 22.5. The third-order valence-corrected chi connectivity index (χ3v) is 11.6. The van der Waals surface area contributed by atoms with Crippen molar-refractivity contribution in [2.75, 3.05) is 18.1 Å². The number of hydrogen-bond donors (Lipinski definition) is 4. The van der Waals surface area contributed by atoms with Gasteiger partial charge in [0.15, 0.2) is 6.29 Å². The SMILES string of the molecule is O=C(NCc1ccccc1-c1ccc([C@@H]2O[C@H](CSCCO)C[C@H](c3ccc(CO)cc3)O2)cc1)NC12CC3CC(CC(C3)C1)C2. The van der Waals surface area contributed by atoms with E-state index in [1.54, 1.807) is 11.8 Å². The van der Waals surface area contributed by atoms with E-state index < -0.39 is 6.29 Å². The van der Waals surface area contributed by atoms with Crippen LogP contribution in [0.25, 0.3) is 11.1 Å². The van der Waals surface area contributed by atoms with E-state index in [1.807, 2.05) is 36.4 Å². The van der Waals surface area contributed by atoms with E-state index in [4.69, 9.17) is 9.47 Å². The highest BCUT2D eigenvalue weighted by Gasteiger charge is 2.51. The van der Waals surface area contributed by atoms with Gasteiger partial charge in [0, 0.05) is 35.6 Å². The summed E-state index contributed by atoms with van der Waals surface area (Å²) in [5.41, 5.74) is 6.12. The van der Waals surface area contributed by atoms with Crippen molar-refractivity contribution < 1.29 is 24.5 Å². The smallest absolute Gasteiger partial charge is 0.315 e. The van der Waals surface area contributed by atoms with Gasteiger partial charge < -0.3 is 30.3 Å². The van der Waals surface area contributed by atoms with Gasteiger partial charge in [0.2, 0.25) is 0 Å². The van der Waals surface area contributed by atoms with Crippen LogP contribution in [0, 0.1) is 17.8 Å². The van der Waals surface area contributed by atoms with Gasteiger partial charge >= 0.3 is 6.03 Å². The van der Waals surface area contributed by atoms with Crippen LogP contribution < -0.4 is 10.6 Å². The number of carbonyl (C=O) groups excluding carboxylic acids is 1. The number of aliphatic hydroxyl groups excluding tert-OH is 2. The van der Waals surface area contributed by atoms with Gasteiger partial charge in [0.1, 0.15) is 0 Å². The maximum absolute atomic E-state index is 13.2. The van der Waals surface area contributed by atoms with Crippen molar-refractivity contribution in [3.63, 3.8) is 0 Å². The highest BCUT2D eigenvalue weighted by molar-refractivity contribution is 7.99. The number of thioether (sulfide) groups is 1. The minimum atomic E-state index is -0.518. The van der Waals surface area contributed by atoms with Crippen molar-refractivity contribution in [2.24, 2.45) is 17.8 Å². The van der Waals surface area contributed by atoms with E-state index in [9.17, 15) is 15.0 Å². The zero-order valence-corrected chi connectivity index (χ0v) is 27.2. The van der Waals surface area contributed by atoms with E-state index in [1.165, 1.54) is 19.3 Å². The molecule has 3 aromatic carbocycles. The summed E-state index contributed by atoms with van der Waals surface area (Å²) < 4.78 is 12.9. The summed E-state index contributed by atoms with van der Waals surface area (Å²) in [6.07, 6.45) is 7.55. The van der Waals surface area contributed by atoms with Crippen LogP contribution in [0.2, 0.25) is 0 Å². The van der Waals surface area contributed by atoms with E-state index in [0.717, 1.165) is 82.6 Å². The molecule has 0 spiro atoms. The molecule has 5 fully saturated rings. The van der Waals surface area contributed by atoms with E-state index in [2.05, 4.69) is 47.0 Å². The Morgan fingerprint density at radius 1 is 0.826 bits per heavy atom. The van der Waals surface area contributed by atoms with Crippen LogP contribution in [-0.2, 0) is 22.6 Å². The topological polar surface area (TPSA) is 100 Å². The Morgan fingerprint density at radius 2 is 1.50 bits per heavy atom. The summed E-state index contributed by atoms with van der Waals surface area (Å²) in [6, 6.07) is 24.5. The summed E-state index contributed by atoms with van der Waals surface area (Å²) in [4.78, 5) is 13.2. The quantitative estimate of drug-likeness (QED) is 0.170. The first-order valence-electron chi connectivity index (χ1n) is 16.9. The van der Waals surface area contributed by atoms with Gasteiger partial charge in [-0.15, -0.1) is 0 Å². The van der Waals surface area contributed by atoms with E-state index >= 15 is 0 Å². The molecule has 7 nitrogen and oxygen atoms in total. The lowest BCUT2D eigenvalue weighted by atomic mass is 9.53. The summed E-state index contributed by atoms with van der Waals surface area (Å²) in [6.45, 7) is 0.627. The fourth-order valence-corrected chi connectivity index (χ4v) is 9.58. The van der Waals surface area contributed by atoms with Crippen LogP contribution in [0.5, 0.6) is 0 Å². The molecule has 5 aliphatic rings. The molecule has 244 valence electrons. The predicted molar refractivity (Wildman–Crippen MR) is 181 cm³/mol. The molecule has 4 saturated carbocycles. The van der Waals surface area contributed by atoms with Gasteiger partial charge in [0.25, 0.3) is 0 Å². The van der Waals surface area contributed by atoms with Gasteiger partial charge in [-0.3, -0.25) is 0 Å². The molecule has 0 radical (unpaired) electrons. The minimum absolute atomic E-state index is 0.00411. The molecule has 3 aromatic rings. The van der Waals surface area contributed by atoms with Gasteiger partial charge in [-0.05, 0) is 84.1 Å². The molecule has 2 amide bonds. The Hall–Kier alpha value is -2.88. The number of nitrogens with one attached hydrogen (secondary N) is 2. The Kier molecular flexibility index (Phi) is 9.70. The Bertz CT molecular complexity index is 1440. The normalized spacial score (nSPS) is 29.9. The summed E-state index contributed by atoms with van der Waals surface area (Å²) in [5, 5.41) is 25.4. The van der Waals surface area contributed by atoms with Crippen molar-refractivity contribution in [1.29, 1.82) is 0 Å². The number of hydrogen-bond acceptors (Lipinski definition) is 6. The molecule has 4 N–H and O–H groups in total. The molecule has 8 rings (SSSR count). The van der Waals surface area contributed by atoms with E-state index in [0.29, 0.717) is 12.3 Å². The van der Waals surface area contributed by atoms with Crippen molar-refractivity contribution in [1.82, 2.24) is 10.6 Å². The molecule has 3 atom stereocenters. The first-order valence-corrected chi connectivity index (χ1v) is 18.1. The van der Waals surface area contributed by atoms with Crippen molar-refractivity contribution >= 4 is 17.8 Å². The molecule has 1 aliphatic heterocycles. The molecule has 4 aliphatic carbocycles. The van der Waals surface area contributed by atoms with Crippen LogP contribution >= 0.6 is 11.8 Å². The molecule has 0 unspecified atom stereocenters. The van der Waals surface area contributed by atoms with Crippen LogP contribution in [0.15, 0.2) is 72.8 Å². The first kappa shape index (κ1) is 31.7. The zero-order valence-electron chi connectivity index (χ0n) is 26.4. The molecule has 46 heavy (non-hydrogen) atoms. The summed E-state index contributed by atoms with van der Waals surface area (Å²) in [5.74, 6) is 3.83. The Balaban J connectivity index is 1.02. The highest BCUT2D eigenvalue weighted by atomic mass is 32.2.